The van der Waals surface area contributed by atoms with Crippen LogP contribution in [-0.2, 0) is 4.79 Å². The quantitative estimate of drug-likeness (QED) is 0.460. The highest BCUT2D eigenvalue weighted by Gasteiger charge is 2.42. The van der Waals surface area contributed by atoms with Gasteiger partial charge in [-0.2, -0.15) is 0 Å². The molecule has 1 aliphatic heterocycles. The highest BCUT2D eigenvalue weighted by atomic mass is 16.5. The van der Waals surface area contributed by atoms with Crippen molar-refractivity contribution in [3.05, 3.63) is 89.0 Å². The van der Waals surface area contributed by atoms with Gasteiger partial charge in [-0.25, -0.2) is 0 Å². The van der Waals surface area contributed by atoms with Gasteiger partial charge in [0.1, 0.15) is 17.5 Å². The van der Waals surface area contributed by atoms with Crippen LogP contribution in [0.4, 0.5) is 5.69 Å². The lowest BCUT2D eigenvalue weighted by Gasteiger charge is -2.26. The van der Waals surface area contributed by atoms with Gasteiger partial charge in [0, 0.05) is 5.69 Å². The summed E-state index contributed by atoms with van der Waals surface area (Å²) in [6, 6.07) is 18.7. The van der Waals surface area contributed by atoms with Crippen LogP contribution >= 0.6 is 0 Å². The molecule has 174 valence electrons. The van der Waals surface area contributed by atoms with E-state index in [1.54, 1.807) is 48.5 Å². The Labute approximate surface area is 199 Å². The summed E-state index contributed by atoms with van der Waals surface area (Å²) in [7, 11) is 0. The van der Waals surface area contributed by atoms with Crippen molar-refractivity contribution >= 4 is 23.4 Å². The van der Waals surface area contributed by atoms with E-state index in [0.29, 0.717) is 29.0 Å². The minimum absolute atomic E-state index is 0.105. The topological polar surface area (TPSA) is 75.7 Å². The van der Waals surface area contributed by atoms with E-state index < -0.39 is 23.8 Å². The molecule has 0 spiro atoms. The van der Waals surface area contributed by atoms with Crippen LogP contribution in [0.2, 0.25) is 0 Å². The van der Waals surface area contributed by atoms with E-state index in [9.17, 15) is 14.4 Å². The van der Waals surface area contributed by atoms with Gasteiger partial charge in [0.25, 0.3) is 11.8 Å². The molecule has 1 aliphatic rings. The predicted molar refractivity (Wildman–Crippen MR) is 131 cm³/mol. The standard InChI is InChI=1S/C28H28N2O4/c1-17(2)16-24(30-27(32)22-9-5-6-10-23(22)28(30)33)26(31)29-20-12-14-21(15-13-20)34-25-11-7-8-18(3)19(25)4/h5-15,17,24H,16H2,1-4H3,(H,29,31). The number of rotatable bonds is 7. The van der Waals surface area contributed by atoms with Crippen molar-refractivity contribution in [2.45, 2.75) is 40.2 Å². The summed E-state index contributed by atoms with van der Waals surface area (Å²) in [5, 5.41) is 2.86. The Morgan fingerprint density at radius 2 is 1.50 bits per heavy atom. The predicted octanol–water partition coefficient (Wildman–Crippen LogP) is 5.75. The fourth-order valence-electron chi connectivity index (χ4n) is 4.06. The van der Waals surface area contributed by atoms with E-state index in [0.717, 1.165) is 21.8 Å². The van der Waals surface area contributed by atoms with E-state index in [1.807, 2.05) is 45.9 Å². The molecule has 0 aromatic heterocycles. The largest absolute Gasteiger partial charge is 0.457 e. The lowest BCUT2D eigenvalue weighted by Crippen LogP contribution is -2.47. The van der Waals surface area contributed by atoms with Gasteiger partial charge in [0.15, 0.2) is 0 Å². The van der Waals surface area contributed by atoms with Crippen molar-refractivity contribution < 1.29 is 19.1 Å². The van der Waals surface area contributed by atoms with Gasteiger partial charge in [0.05, 0.1) is 11.1 Å². The second-order valence-corrected chi connectivity index (χ2v) is 8.98. The van der Waals surface area contributed by atoms with Crippen molar-refractivity contribution in [3.8, 4) is 11.5 Å². The zero-order chi connectivity index (χ0) is 24.4. The zero-order valence-electron chi connectivity index (χ0n) is 19.8. The number of carbonyl (C=O) groups excluding carboxylic acids is 3. The molecule has 3 aromatic carbocycles. The minimum atomic E-state index is -0.904. The molecule has 0 fully saturated rings. The van der Waals surface area contributed by atoms with Gasteiger partial charge in [-0.15, -0.1) is 0 Å². The third kappa shape index (κ3) is 4.57. The molecular weight excluding hydrogens is 428 g/mol. The summed E-state index contributed by atoms with van der Waals surface area (Å²) in [6.07, 6.45) is 0.366. The Kier molecular flexibility index (Phi) is 6.50. The molecule has 0 radical (unpaired) electrons. The molecule has 3 aromatic rings. The van der Waals surface area contributed by atoms with E-state index >= 15 is 0 Å². The first-order chi connectivity index (χ1) is 16.3. The van der Waals surface area contributed by atoms with Crippen molar-refractivity contribution in [1.82, 2.24) is 4.90 Å². The average Bonchev–Trinajstić information content (AvgIpc) is 3.06. The van der Waals surface area contributed by atoms with Crippen molar-refractivity contribution in [1.29, 1.82) is 0 Å². The van der Waals surface area contributed by atoms with E-state index in [2.05, 4.69) is 5.32 Å². The maximum absolute atomic E-state index is 13.2. The number of hydrogen-bond acceptors (Lipinski definition) is 4. The van der Waals surface area contributed by atoms with Gasteiger partial charge < -0.3 is 10.1 Å². The number of imide groups is 1. The number of nitrogens with one attached hydrogen (secondary N) is 1. The van der Waals surface area contributed by atoms with Gasteiger partial charge in [-0.1, -0.05) is 38.1 Å². The van der Waals surface area contributed by atoms with Crippen LogP contribution in [0.25, 0.3) is 0 Å². The molecule has 3 amide bonds. The molecule has 0 aliphatic carbocycles. The summed E-state index contributed by atoms with van der Waals surface area (Å²) < 4.78 is 5.99. The molecule has 1 unspecified atom stereocenters. The van der Waals surface area contributed by atoms with Crippen molar-refractivity contribution in [3.63, 3.8) is 0 Å². The minimum Gasteiger partial charge on any atom is -0.457 e. The highest BCUT2D eigenvalue weighted by Crippen LogP contribution is 2.29. The number of benzene rings is 3. The molecule has 1 heterocycles. The molecule has 0 saturated carbocycles. The Balaban J connectivity index is 1.51. The fraction of sp³-hybridized carbons (Fsp3) is 0.250. The van der Waals surface area contributed by atoms with Crippen LogP contribution in [0.3, 0.4) is 0 Å². The molecule has 6 heteroatoms. The Morgan fingerprint density at radius 3 is 2.09 bits per heavy atom. The van der Waals surface area contributed by atoms with Crippen LogP contribution in [0.1, 0.15) is 52.1 Å². The molecule has 0 bridgehead atoms. The fourth-order valence-corrected chi connectivity index (χ4v) is 4.06. The first-order valence-electron chi connectivity index (χ1n) is 11.4. The van der Waals surface area contributed by atoms with E-state index in [4.69, 9.17) is 4.74 Å². The van der Waals surface area contributed by atoms with Crippen LogP contribution in [0, 0.1) is 19.8 Å². The number of hydrogen-bond donors (Lipinski definition) is 1. The monoisotopic (exact) mass is 456 g/mol. The number of fused-ring (bicyclic) bond motifs is 1. The number of carbonyl (C=O) groups is 3. The Bertz CT molecular complexity index is 1210. The van der Waals surface area contributed by atoms with Gasteiger partial charge >= 0.3 is 0 Å². The van der Waals surface area contributed by atoms with Crippen molar-refractivity contribution in [2.24, 2.45) is 5.92 Å². The molecule has 1 N–H and O–H groups in total. The van der Waals surface area contributed by atoms with Crippen LogP contribution in [-0.4, -0.2) is 28.7 Å². The van der Waals surface area contributed by atoms with E-state index in [1.165, 1.54) is 0 Å². The molecule has 34 heavy (non-hydrogen) atoms. The van der Waals surface area contributed by atoms with Gasteiger partial charge in [0.2, 0.25) is 5.91 Å². The summed E-state index contributed by atoms with van der Waals surface area (Å²) in [5.74, 6) is 0.266. The Hall–Kier alpha value is -3.93. The third-order valence-electron chi connectivity index (χ3n) is 6.04. The van der Waals surface area contributed by atoms with Crippen molar-refractivity contribution in [2.75, 3.05) is 5.32 Å². The maximum Gasteiger partial charge on any atom is 0.262 e. The molecular formula is C28H28N2O4. The van der Waals surface area contributed by atoms with Gasteiger partial charge in [-0.3, -0.25) is 19.3 Å². The highest BCUT2D eigenvalue weighted by molar-refractivity contribution is 6.23. The summed E-state index contributed by atoms with van der Waals surface area (Å²) >= 11 is 0. The summed E-state index contributed by atoms with van der Waals surface area (Å²) in [5.41, 5.74) is 3.44. The van der Waals surface area contributed by atoms with Crippen LogP contribution in [0.15, 0.2) is 66.7 Å². The van der Waals surface area contributed by atoms with Crippen LogP contribution < -0.4 is 10.1 Å². The first-order valence-corrected chi connectivity index (χ1v) is 11.4. The Morgan fingerprint density at radius 1 is 0.882 bits per heavy atom. The number of amides is 3. The number of nitrogens with zero attached hydrogens (tertiary/aromatic N) is 1. The summed E-state index contributed by atoms with van der Waals surface area (Å²) in [4.78, 5) is 40.3. The zero-order valence-corrected chi connectivity index (χ0v) is 19.8. The SMILES string of the molecule is Cc1cccc(Oc2ccc(NC(=O)C(CC(C)C)N3C(=O)c4ccccc4C3=O)cc2)c1C. The normalized spacial score (nSPS) is 13.7. The van der Waals surface area contributed by atoms with Crippen LogP contribution in [0.5, 0.6) is 11.5 Å². The number of ether oxygens (including phenoxy) is 1. The second-order valence-electron chi connectivity index (χ2n) is 8.98. The second kappa shape index (κ2) is 9.51. The molecule has 4 rings (SSSR count). The smallest absolute Gasteiger partial charge is 0.262 e. The molecule has 1 atom stereocenters. The maximum atomic E-state index is 13.2. The molecule has 0 saturated heterocycles. The van der Waals surface area contributed by atoms with E-state index in [-0.39, 0.29) is 5.92 Å². The summed E-state index contributed by atoms with van der Waals surface area (Å²) in [6.45, 7) is 7.95. The molecule has 6 nitrogen and oxygen atoms in total. The van der Waals surface area contributed by atoms with Gasteiger partial charge in [-0.05, 0) is 79.8 Å². The third-order valence-corrected chi connectivity index (χ3v) is 6.04. The average molecular weight is 457 g/mol. The first kappa shape index (κ1) is 23.2. The number of aryl methyl sites for hydroxylation is 1. The number of anilines is 1. The lowest BCUT2D eigenvalue weighted by molar-refractivity contribution is -0.120. The lowest BCUT2D eigenvalue weighted by atomic mass is 10.0.